The third-order valence-corrected chi connectivity index (χ3v) is 3.12. The van der Waals surface area contributed by atoms with Crippen molar-refractivity contribution in [3.8, 4) is 6.07 Å². The molecule has 1 aliphatic carbocycles. The van der Waals surface area contributed by atoms with Crippen LogP contribution in [-0.2, 0) is 4.79 Å². The molecule has 1 rings (SSSR count). The Hall–Kier alpha value is 0.596. The van der Waals surface area contributed by atoms with Crippen LogP contribution in [0.15, 0.2) is 0 Å². The van der Waals surface area contributed by atoms with Crippen LogP contribution in [0, 0.1) is 28.6 Å². The fourth-order valence-electron chi connectivity index (χ4n) is 2.28. The van der Waals surface area contributed by atoms with Gasteiger partial charge in [-0.2, -0.15) is 5.26 Å². The normalized spacial score (nSPS) is 28.9. The Morgan fingerprint density at radius 2 is 1.93 bits per heavy atom. The van der Waals surface area contributed by atoms with Crippen molar-refractivity contribution < 1.29 is 9.90 Å². The molecule has 1 fully saturated rings. The van der Waals surface area contributed by atoms with E-state index in [1.165, 1.54) is 0 Å². The molecular formula is C10H16KNO2. The molecule has 0 aromatic rings. The first kappa shape index (κ1) is 14.6. The molecule has 0 aliphatic heterocycles. The van der Waals surface area contributed by atoms with Crippen molar-refractivity contribution in [2.45, 2.75) is 33.1 Å². The zero-order chi connectivity index (χ0) is 10.1. The van der Waals surface area contributed by atoms with Gasteiger partial charge in [0.2, 0.25) is 0 Å². The van der Waals surface area contributed by atoms with E-state index in [4.69, 9.17) is 10.4 Å². The van der Waals surface area contributed by atoms with Gasteiger partial charge in [-0.3, -0.25) is 4.79 Å². The van der Waals surface area contributed by atoms with E-state index < -0.39 is 11.4 Å². The van der Waals surface area contributed by atoms with Gasteiger partial charge in [-0.05, 0) is 24.7 Å². The summed E-state index contributed by atoms with van der Waals surface area (Å²) < 4.78 is 0. The average Bonchev–Trinajstić information content (AvgIpc) is 2.27. The number of nitrogens with zero attached hydrogens (tertiary/aromatic N) is 1. The van der Waals surface area contributed by atoms with E-state index in [1.54, 1.807) is 0 Å². The molecule has 1 aliphatic rings. The first-order chi connectivity index (χ1) is 5.99. The van der Waals surface area contributed by atoms with Gasteiger partial charge in [0.1, 0.15) is 0 Å². The number of hydrogen-bond donors (Lipinski definition) is 1. The molecule has 0 bridgehead atoms. The Morgan fingerprint density at radius 3 is 2.21 bits per heavy atom. The van der Waals surface area contributed by atoms with Gasteiger partial charge >= 0.3 is 57.4 Å². The van der Waals surface area contributed by atoms with Crippen LogP contribution in [-0.4, -0.2) is 62.5 Å². The molecule has 1 saturated carbocycles. The Labute approximate surface area is 127 Å². The first-order valence-corrected chi connectivity index (χ1v) is 4.62. The molecule has 0 heterocycles. The number of rotatable bonds is 2. The van der Waals surface area contributed by atoms with Crippen LogP contribution in [0.5, 0.6) is 0 Å². The molecule has 1 N–H and O–H groups in total. The van der Waals surface area contributed by atoms with E-state index in [9.17, 15) is 4.79 Å². The van der Waals surface area contributed by atoms with E-state index in [-0.39, 0.29) is 57.8 Å². The van der Waals surface area contributed by atoms with Crippen LogP contribution in [0.1, 0.15) is 33.1 Å². The summed E-state index contributed by atoms with van der Waals surface area (Å²) in [7, 11) is 0. The molecule has 0 amide bonds. The standard InChI is InChI=1S/C10H15NO2.K.H/c1-7-3-10(6-11,4-8(7)2)5-9(12)13;;/h7-8H,3-5H2,1-2H3,(H,12,13);;/t7-,8-;;/m0../s1. The van der Waals surface area contributed by atoms with Crippen molar-refractivity contribution >= 4 is 57.4 Å². The van der Waals surface area contributed by atoms with Crippen LogP contribution < -0.4 is 0 Å². The number of carboxylic acid groups (broad SMARTS) is 1. The van der Waals surface area contributed by atoms with E-state index in [1.807, 2.05) is 0 Å². The van der Waals surface area contributed by atoms with E-state index >= 15 is 0 Å². The summed E-state index contributed by atoms with van der Waals surface area (Å²) in [6, 6.07) is 2.19. The molecule has 0 aromatic heterocycles. The average molecular weight is 221 g/mol. The minimum absolute atomic E-state index is 0. The van der Waals surface area contributed by atoms with Crippen molar-refractivity contribution in [2.75, 3.05) is 0 Å². The van der Waals surface area contributed by atoms with E-state index in [0.717, 1.165) is 12.8 Å². The van der Waals surface area contributed by atoms with Crippen LogP contribution in [0.2, 0.25) is 0 Å². The molecular weight excluding hydrogens is 205 g/mol. The summed E-state index contributed by atoms with van der Waals surface area (Å²) >= 11 is 0. The molecule has 0 unspecified atom stereocenters. The first-order valence-electron chi connectivity index (χ1n) is 4.62. The molecule has 4 heteroatoms. The quantitative estimate of drug-likeness (QED) is 0.717. The number of nitriles is 1. The zero-order valence-electron chi connectivity index (χ0n) is 8.08. The molecule has 3 nitrogen and oxygen atoms in total. The fourth-order valence-corrected chi connectivity index (χ4v) is 2.28. The summed E-state index contributed by atoms with van der Waals surface area (Å²) in [6.07, 6.45) is 1.46. The minimum atomic E-state index is -0.858. The Bertz CT molecular complexity index is 249. The molecule has 0 aromatic carbocycles. The van der Waals surface area contributed by atoms with Crippen molar-refractivity contribution in [2.24, 2.45) is 17.3 Å². The molecule has 0 spiro atoms. The van der Waals surface area contributed by atoms with Gasteiger partial charge in [0.15, 0.2) is 0 Å². The Balaban J connectivity index is 0.00000169. The molecule has 74 valence electrons. The van der Waals surface area contributed by atoms with Gasteiger partial charge in [0.05, 0.1) is 17.9 Å². The second-order valence-electron chi connectivity index (χ2n) is 4.33. The number of hydrogen-bond acceptors (Lipinski definition) is 2. The van der Waals surface area contributed by atoms with Gasteiger partial charge < -0.3 is 5.11 Å². The summed E-state index contributed by atoms with van der Waals surface area (Å²) in [5.41, 5.74) is -0.593. The van der Waals surface area contributed by atoms with E-state index in [2.05, 4.69) is 19.9 Å². The van der Waals surface area contributed by atoms with Gasteiger partial charge in [-0.25, -0.2) is 0 Å². The van der Waals surface area contributed by atoms with Crippen molar-refractivity contribution in [3.05, 3.63) is 0 Å². The van der Waals surface area contributed by atoms with Crippen molar-refractivity contribution in [1.82, 2.24) is 0 Å². The molecule has 0 radical (unpaired) electrons. The van der Waals surface area contributed by atoms with Crippen LogP contribution in [0.3, 0.4) is 0 Å². The number of aliphatic carboxylic acids is 1. The maximum atomic E-state index is 10.6. The van der Waals surface area contributed by atoms with Crippen LogP contribution in [0.4, 0.5) is 0 Å². The number of carbonyl (C=O) groups is 1. The van der Waals surface area contributed by atoms with Crippen LogP contribution in [0.25, 0.3) is 0 Å². The maximum absolute atomic E-state index is 10.6. The SMILES string of the molecule is C[C@H]1CC(C#N)(CC(=O)O)C[C@@H]1C.[KH]. The van der Waals surface area contributed by atoms with E-state index in [0.29, 0.717) is 11.8 Å². The molecule has 2 atom stereocenters. The second-order valence-corrected chi connectivity index (χ2v) is 4.33. The molecule has 0 saturated heterocycles. The summed E-state index contributed by atoms with van der Waals surface area (Å²) in [5.74, 6) is 0.0841. The molecule has 14 heavy (non-hydrogen) atoms. The summed E-state index contributed by atoms with van der Waals surface area (Å²) in [5, 5.41) is 17.7. The van der Waals surface area contributed by atoms with Gasteiger partial charge in [-0.15, -0.1) is 0 Å². The predicted molar refractivity (Wildman–Crippen MR) is 55.0 cm³/mol. The fraction of sp³-hybridized carbons (Fsp3) is 0.800. The predicted octanol–water partition coefficient (Wildman–Crippen LogP) is 1.39. The van der Waals surface area contributed by atoms with Gasteiger partial charge in [0, 0.05) is 0 Å². The van der Waals surface area contributed by atoms with Crippen LogP contribution >= 0.6 is 0 Å². The summed E-state index contributed by atoms with van der Waals surface area (Å²) in [6.45, 7) is 4.18. The number of carboxylic acids is 1. The van der Waals surface area contributed by atoms with Gasteiger partial charge in [-0.1, -0.05) is 13.8 Å². The van der Waals surface area contributed by atoms with Gasteiger partial charge in [0.25, 0.3) is 0 Å². The Morgan fingerprint density at radius 1 is 1.50 bits per heavy atom. The van der Waals surface area contributed by atoms with Crippen molar-refractivity contribution in [1.29, 1.82) is 5.26 Å². The Kier molecular flexibility index (Phi) is 5.86. The topological polar surface area (TPSA) is 61.1 Å². The third-order valence-electron chi connectivity index (χ3n) is 3.12. The van der Waals surface area contributed by atoms with Crippen molar-refractivity contribution in [3.63, 3.8) is 0 Å². The third kappa shape index (κ3) is 3.32. The monoisotopic (exact) mass is 221 g/mol. The second kappa shape index (κ2) is 5.62. The summed E-state index contributed by atoms with van der Waals surface area (Å²) in [4.78, 5) is 10.6. The zero-order valence-corrected chi connectivity index (χ0v) is 8.08.